The zero-order valence-electron chi connectivity index (χ0n) is 10.2. The summed E-state index contributed by atoms with van der Waals surface area (Å²) in [6.07, 6.45) is 3.52. The standard InChI is InChI=1S/C13H15ClN4/c1-18(9-11-4-2-3-5-16-11)13-12(14)6-10(7-15)8-17-13/h2-6,8H,7,9,15H2,1H3. The first-order chi connectivity index (χ1) is 8.70. The Kier molecular flexibility index (Phi) is 4.12. The summed E-state index contributed by atoms with van der Waals surface area (Å²) < 4.78 is 0. The third-order valence-electron chi connectivity index (χ3n) is 2.60. The zero-order chi connectivity index (χ0) is 13.0. The number of aromatic nitrogens is 2. The summed E-state index contributed by atoms with van der Waals surface area (Å²) in [4.78, 5) is 10.6. The lowest BCUT2D eigenvalue weighted by molar-refractivity contribution is 0.863. The number of halogens is 1. The topological polar surface area (TPSA) is 55.0 Å². The van der Waals surface area contributed by atoms with Gasteiger partial charge in [0.1, 0.15) is 5.82 Å². The summed E-state index contributed by atoms with van der Waals surface area (Å²) in [6, 6.07) is 7.67. The van der Waals surface area contributed by atoms with Crippen LogP contribution in [0.15, 0.2) is 36.7 Å². The maximum Gasteiger partial charge on any atom is 0.147 e. The minimum absolute atomic E-state index is 0.441. The molecular formula is C13H15ClN4. The number of rotatable bonds is 4. The first kappa shape index (κ1) is 12.8. The minimum Gasteiger partial charge on any atom is -0.353 e. The van der Waals surface area contributed by atoms with Crippen molar-refractivity contribution < 1.29 is 0 Å². The molecule has 2 rings (SSSR count). The van der Waals surface area contributed by atoms with Crippen molar-refractivity contribution in [2.24, 2.45) is 5.73 Å². The van der Waals surface area contributed by atoms with E-state index in [0.717, 1.165) is 17.1 Å². The molecule has 0 bridgehead atoms. The number of pyridine rings is 2. The first-order valence-corrected chi connectivity index (χ1v) is 6.04. The van der Waals surface area contributed by atoms with Crippen LogP contribution in [0.2, 0.25) is 5.02 Å². The average Bonchev–Trinajstić information content (AvgIpc) is 2.39. The highest BCUT2D eigenvalue weighted by Gasteiger charge is 2.09. The predicted molar refractivity (Wildman–Crippen MR) is 73.5 cm³/mol. The van der Waals surface area contributed by atoms with E-state index in [2.05, 4.69) is 9.97 Å². The fourth-order valence-electron chi connectivity index (χ4n) is 1.67. The number of hydrogen-bond donors (Lipinski definition) is 1. The van der Waals surface area contributed by atoms with Gasteiger partial charge in [-0.2, -0.15) is 0 Å². The average molecular weight is 263 g/mol. The Balaban J connectivity index is 2.16. The van der Waals surface area contributed by atoms with Crippen LogP contribution in [0.3, 0.4) is 0 Å². The highest BCUT2D eigenvalue weighted by Crippen LogP contribution is 2.23. The molecule has 0 saturated heterocycles. The van der Waals surface area contributed by atoms with Crippen molar-refractivity contribution in [1.29, 1.82) is 0 Å². The third-order valence-corrected chi connectivity index (χ3v) is 2.88. The van der Waals surface area contributed by atoms with E-state index in [1.807, 2.05) is 36.2 Å². The van der Waals surface area contributed by atoms with E-state index in [0.29, 0.717) is 18.1 Å². The highest BCUT2D eigenvalue weighted by molar-refractivity contribution is 6.33. The van der Waals surface area contributed by atoms with Crippen LogP contribution >= 0.6 is 11.6 Å². The molecule has 0 radical (unpaired) electrons. The molecule has 0 aromatic carbocycles. The molecule has 94 valence electrons. The Morgan fingerprint density at radius 2 is 2.17 bits per heavy atom. The molecule has 0 spiro atoms. The van der Waals surface area contributed by atoms with Crippen molar-refractivity contribution in [2.45, 2.75) is 13.1 Å². The molecule has 2 heterocycles. The molecular weight excluding hydrogens is 248 g/mol. The van der Waals surface area contributed by atoms with E-state index < -0.39 is 0 Å². The van der Waals surface area contributed by atoms with Crippen LogP contribution in [-0.4, -0.2) is 17.0 Å². The van der Waals surface area contributed by atoms with Gasteiger partial charge in [0.05, 0.1) is 17.3 Å². The molecule has 0 saturated carbocycles. The quantitative estimate of drug-likeness (QED) is 0.918. The number of hydrogen-bond acceptors (Lipinski definition) is 4. The Bertz CT molecular complexity index is 516. The summed E-state index contributed by atoms with van der Waals surface area (Å²) >= 11 is 6.19. The largest absolute Gasteiger partial charge is 0.353 e. The number of nitrogens with zero attached hydrogens (tertiary/aromatic N) is 3. The molecule has 2 aromatic rings. The summed E-state index contributed by atoms with van der Waals surface area (Å²) in [7, 11) is 1.94. The fraction of sp³-hybridized carbons (Fsp3) is 0.231. The van der Waals surface area contributed by atoms with Crippen molar-refractivity contribution in [3.8, 4) is 0 Å². The molecule has 18 heavy (non-hydrogen) atoms. The summed E-state index contributed by atoms with van der Waals surface area (Å²) in [6.45, 7) is 1.10. The summed E-state index contributed by atoms with van der Waals surface area (Å²) in [5.41, 5.74) is 7.45. The second-order valence-corrected chi connectivity index (χ2v) is 4.44. The van der Waals surface area contributed by atoms with Crippen LogP contribution < -0.4 is 10.6 Å². The first-order valence-electron chi connectivity index (χ1n) is 5.66. The molecule has 0 unspecified atom stereocenters. The van der Waals surface area contributed by atoms with Crippen molar-refractivity contribution in [2.75, 3.05) is 11.9 Å². The Labute approximate surface area is 111 Å². The van der Waals surface area contributed by atoms with Crippen LogP contribution in [0, 0.1) is 0 Å². The summed E-state index contributed by atoms with van der Waals surface area (Å²) in [5.74, 6) is 0.736. The van der Waals surface area contributed by atoms with E-state index in [1.54, 1.807) is 12.4 Å². The monoisotopic (exact) mass is 262 g/mol. The van der Waals surface area contributed by atoms with E-state index in [9.17, 15) is 0 Å². The van der Waals surface area contributed by atoms with Gasteiger partial charge in [-0.1, -0.05) is 17.7 Å². The van der Waals surface area contributed by atoms with Crippen molar-refractivity contribution in [1.82, 2.24) is 9.97 Å². The van der Waals surface area contributed by atoms with Gasteiger partial charge in [0.25, 0.3) is 0 Å². The molecule has 2 aromatic heterocycles. The predicted octanol–water partition coefficient (Wildman–Crippen LogP) is 2.23. The van der Waals surface area contributed by atoms with E-state index in [4.69, 9.17) is 17.3 Å². The fourth-order valence-corrected chi connectivity index (χ4v) is 2.01. The van der Waals surface area contributed by atoms with Gasteiger partial charge in [0.2, 0.25) is 0 Å². The molecule has 2 N–H and O–H groups in total. The minimum atomic E-state index is 0.441. The van der Waals surface area contributed by atoms with Gasteiger partial charge in [-0.15, -0.1) is 0 Å². The van der Waals surface area contributed by atoms with E-state index in [-0.39, 0.29) is 0 Å². The van der Waals surface area contributed by atoms with E-state index >= 15 is 0 Å². The summed E-state index contributed by atoms with van der Waals surface area (Å²) in [5, 5.41) is 0.608. The SMILES string of the molecule is CN(Cc1ccccn1)c1ncc(CN)cc1Cl. The second-order valence-electron chi connectivity index (χ2n) is 4.03. The van der Waals surface area contributed by atoms with Gasteiger partial charge in [0, 0.05) is 26.0 Å². The van der Waals surface area contributed by atoms with Crippen LogP contribution in [-0.2, 0) is 13.1 Å². The molecule has 0 aliphatic carbocycles. The number of anilines is 1. The van der Waals surface area contributed by atoms with Crippen LogP contribution in [0.25, 0.3) is 0 Å². The molecule has 0 fully saturated rings. The van der Waals surface area contributed by atoms with Gasteiger partial charge < -0.3 is 10.6 Å². The lowest BCUT2D eigenvalue weighted by Crippen LogP contribution is -2.19. The maximum atomic E-state index is 6.19. The van der Waals surface area contributed by atoms with Crippen LogP contribution in [0.1, 0.15) is 11.3 Å². The lowest BCUT2D eigenvalue weighted by Gasteiger charge is -2.19. The van der Waals surface area contributed by atoms with Gasteiger partial charge in [-0.3, -0.25) is 4.98 Å². The van der Waals surface area contributed by atoms with E-state index in [1.165, 1.54) is 0 Å². The molecule has 0 atom stereocenters. The molecule has 4 nitrogen and oxygen atoms in total. The van der Waals surface area contributed by atoms with Crippen molar-refractivity contribution >= 4 is 17.4 Å². The molecule has 0 aliphatic rings. The Morgan fingerprint density at radius 3 is 2.78 bits per heavy atom. The van der Waals surface area contributed by atoms with Crippen molar-refractivity contribution in [3.05, 3.63) is 52.9 Å². The smallest absolute Gasteiger partial charge is 0.147 e. The maximum absolute atomic E-state index is 6.19. The molecule has 0 aliphatic heterocycles. The normalized spacial score (nSPS) is 10.4. The van der Waals surface area contributed by atoms with Gasteiger partial charge in [-0.25, -0.2) is 4.98 Å². The lowest BCUT2D eigenvalue weighted by atomic mass is 10.2. The highest BCUT2D eigenvalue weighted by atomic mass is 35.5. The second kappa shape index (κ2) is 5.80. The zero-order valence-corrected chi connectivity index (χ0v) is 10.9. The Morgan fingerprint density at radius 1 is 1.33 bits per heavy atom. The van der Waals surface area contributed by atoms with Crippen LogP contribution in [0.4, 0.5) is 5.82 Å². The van der Waals surface area contributed by atoms with Gasteiger partial charge in [-0.05, 0) is 23.8 Å². The van der Waals surface area contributed by atoms with Crippen molar-refractivity contribution in [3.63, 3.8) is 0 Å². The molecule has 5 heteroatoms. The Hall–Kier alpha value is -1.65. The molecule has 0 amide bonds. The number of nitrogens with two attached hydrogens (primary N) is 1. The van der Waals surface area contributed by atoms with Crippen LogP contribution in [0.5, 0.6) is 0 Å². The van der Waals surface area contributed by atoms with Gasteiger partial charge >= 0.3 is 0 Å². The van der Waals surface area contributed by atoms with Gasteiger partial charge in [0.15, 0.2) is 0 Å². The third kappa shape index (κ3) is 2.97.